The number of nitrogens with zero attached hydrogens (tertiary/aromatic N) is 4. The summed E-state index contributed by atoms with van der Waals surface area (Å²) < 4.78 is 1.70. The van der Waals surface area contributed by atoms with Crippen LogP contribution in [0.5, 0.6) is 0 Å². The monoisotopic (exact) mass is 280 g/mol. The van der Waals surface area contributed by atoms with Gasteiger partial charge in [-0.3, -0.25) is 4.68 Å². The highest BCUT2D eigenvalue weighted by molar-refractivity contribution is 6.28. The molecule has 1 N–H and O–H groups in total. The van der Waals surface area contributed by atoms with Gasteiger partial charge in [0.1, 0.15) is 0 Å². The Morgan fingerprint density at radius 3 is 2.74 bits per heavy atom. The van der Waals surface area contributed by atoms with Gasteiger partial charge in [0.25, 0.3) is 0 Å². The summed E-state index contributed by atoms with van der Waals surface area (Å²) in [6, 6.07) is 0. The molecule has 0 aliphatic carbocycles. The van der Waals surface area contributed by atoms with Crippen molar-refractivity contribution in [1.29, 1.82) is 0 Å². The molecule has 2 aromatic rings. The maximum Gasteiger partial charge on any atom is 0.222 e. The van der Waals surface area contributed by atoms with Crippen molar-refractivity contribution in [2.45, 2.75) is 39.3 Å². The van der Waals surface area contributed by atoms with E-state index >= 15 is 0 Å². The van der Waals surface area contributed by atoms with Gasteiger partial charge in [0.15, 0.2) is 0 Å². The van der Waals surface area contributed by atoms with Gasteiger partial charge in [-0.25, -0.2) is 9.97 Å². The van der Waals surface area contributed by atoms with Crippen molar-refractivity contribution in [2.75, 3.05) is 0 Å². The molecule has 2 rings (SSSR count). The Bertz CT molecular complexity index is 574. The third-order valence-corrected chi connectivity index (χ3v) is 2.85. The van der Waals surface area contributed by atoms with Gasteiger partial charge in [-0.2, -0.15) is 5.10 Å². The predicted octanol–water partition coefficient (Wildman–Crippen LogP) is 2.33. The highest BCUT2D eigenvalue weighted by Crippen LogP contribution is 2.22. The fraction of sp³-hybridized carbons (Fsp3) is 0.462. The molecule has 2 aromatic heterocycles. The average Bonchev–Trinajstić information content (AvgIpc) is 2.75. The van der Waals surface area contributed by atoms with Crippen LogP contribution in [0.25, 0.3) is 11.3 Å². The van der Waals surface area contributed by atoms with Gasteiger partial charge in [0.2, 0.25) is 5.28 Å². The molecule has 0 amide bonds. The number of aliphatic hydroxyl groups is 1. The molecule has 0 saturated heterocycles. The van der Waals surface area contributed by atoms with Crippen molar-refractivity contribution >= 4 is 11.6 Å². The molecule has 19 heavy (non-hydrogen) atoms. The molecule has 0 spiro atoms. The van der Waals surface area contributed by atoms with Crippen LogP contribution in [0.15, 0.2) is 18.6 Å². The molecular formula is C13H17ClN4O. The van der Waals surface area contributed by atoms with E-state index in [0.717, 1.165) is 23.2 Å². The molecule has 102 valence electrons. The maximum absolute atomic E-state index is 9.79. The molecule has 0 aromatic carbocycles. The summed E-state index contributed by atoms with van der Waals surface area (Å²) in [6.45, 7) is 5.95. The van der Waals surface area contributed by atoms with Gasteiger partial charge < -0.3 is 5.11 Å². The van der Waals surface area contributed by atoms with Crippen LogP contribution in [0, 0.1) is 0 Å². The van der Waals surface area contributed by atoms with Crippen LogP contribution in [0.1, 0.15) is 26.3 Å². The minimum atomic E-state index is -0.805. The minimum absolute atomic E-state index is 0.224. The fourth-order valence-electron chi connectivity index (χ4n) is 1.86. The molecule has 0 aliphatic rings. The SMILES string of the molecule is CCc1cnc(Cl)nc1-c1cnn(CC(C)(C)O)c1. The van der Waals surface area contributed by atoms with Crippen molar-refractivity contribution < 1.29 is 5.11 Å². The molecule has 0 aliphatic heterocycles. The van der Waals surface area contributed by atoms with Gasteiger partial charge >= 0.3 is 0 Å². The van der Waals surface area contributed by atoms with E-state index in [2.05, 4.69) is 15.1 Å². The molecular weight excluding hydrogens is 264 g/mol. The van der Waals surface area contributed by atoms with Gasteiger partial charge in [0.05, 0.1) is 24.0 Å². The minimum Gasteiger partial charge on any atom is -0.389 e. The maximum atomic E-state index is 9.79. The zero-order valence-electron chi connectivity index (χ0n) is 11.3. The molecule has 5 nitrogen and oxygen atoms in total. The Morgan fingerprint density at radius 1 is 1.37 bits per heavy atom. The first kappa shape index (κ1) is 14.0. The van der Waals surface area contributed by atoms with Gasteiger partial charge in [-0.15, -0.1) is 0 Å². The number of rotatable bonds is 4. The summed E-state index contributed by atoms with van der Waals surface area (Å²) in [6.07, 6.45) is 6.14. The van der Waals surface area contributed by atoms with E-state index < -0.39 is 5.60 Å². The summed E-state index contributed by atoms with van der Waals surface area (Å²) in [7, 11) is 0. The molecule has 0 radical (unpaired) electrons. The van der Waals surface area contributed by atoms with E-state index in [4.69, 9.17) is 11.6 Å². The van der Waals surface area contributed by atoms with Crippen molar-refractivity contribution in [3.05, 3.63) is 29.4 Å². The third kappa shape index (κ3) is 3.52. The van der Waals surface area contributed by atoms with Crippen LogP contribution in [0.2, 0.25) is 5.28 Å². The van der Waals surface area contributed by atoms with Crippen LogP contribution < -0.4 is 0 Å². The van der Waals surface area contributed by atoms with Crippen molar-refractivity contribution in [1.82, 2.24) is 19.7 Å². The first-order valence-electron chi connectivity index (χ1n) is 6.15. The number of aryl methyl sites for hydroxylation is 1. The Labute approximate surface area is 117 Å². The van der Waals surface area contributed by atoms with Crippen LogP contribution >= 0.6 is 11.6 Å². The lowest BCUT2D eigenvalue weighted by atomic mass is 10.1. The number of hydrogen-bond donors (Lipinski definition) is 1. The molecule has 0 atom stereocenters. The summed E-state index contributed by atoms with van der Waals surface area (Å²) in [5.41, 5.74) is 1.89. The van der Waals surface area contributed by atoms with E-state index in [0.29, 0.717) is 6.54 Å². The van der Waals surface area contributed by atoms with Crippen LogP contribution in [0.3, 0.4) is 0 Å². The second-order valence-corrected chi connectivity index (χ2v) is 5.44. The average molecular weight is 281 g/mol. The Morgan fingerprint density at radius 2 is 2.11 bits per heavy atom. The van der Waals surface area contributed by atoms with E-state index in [-0.39, 0.29) is 5.28 Å². The second-order valence-electron chi connectivity index (χ2n) is 5.11. The van der Waals surface area contributed by atoms with Gasteiger partial charge in [-0.05, 0) is 37.4 Å². The second kappa shape index (κ2) is 5.27. The largest absolute Gasteiger partial charge is 0.389 e. The number of halogens is 1. The molecule has 2 heterocycles. The normalized spacial score (nSPS) is 11.8. The molecule has 0 bridgehead atoms. The lowest BCUT2D eigenvalue weighted by Gasteiger charge is -2.16. The first-order chi connectivity index (χ1) is 8.89. The summed E-state index contributed by atoms with van der Waals surface area (Å²) in [4.78, 5) is 8.25. The predicted molar refractivity (Wildman–Crippen MR) is 73.9 cm³/mol. The standard InChI is InChI=1S/C13H17ClN4O/c1-4-9-5-15-12(14)17-11(9)10-6-16-18(7-10)8-13(2,3)19/h5-7,19H,4,8H2,1-3H3. The highest BCUT2D eigenvalue weighted by atomic mass is 35.5. The topological polar surface area (TPSA) is 63.8 Å². The fourth-order valence-corrected chi connectivity index (χ4v) is 2.00. The highest BCUT2D eigenvalue weighted by Gasteiger charge is 2.15. The van der Waals surface area contributed by atoms with Crippen molar-refractivity contribution in [2.24, 2.45) is 0 Å². The van der Waals surface area contributed by atoms with Crippen LogP contribution in [-0.2, 0) is 13.0 Å². The van der Waals surface area contributed by atoms with Crippen LogP contribution in [0.4, 0.5) is 0 Å². The summed E-state index contributed by atoms with van der Waals surface area (Å²) in [5.74, 6) is 0. The lowest BCUT2D eigenvalue weighted by molar-refractivity contribution is 0.0577. The zero-order valence-corrected chi connectivity index (χ0v) is 12.0. The van der Waals surface area contributed by atoms with E-state index in [1.807, 2.05) is 13.1 Å². The Balaban J connectivity index is 2.35. The number of aromatic nitrogens is 4. The molecule has 0 saturated carbocycles. The summed E-state index contributed by atoms with van der Waals surface area (Å²) >= 11 is 5.85. The molecule has 0 fully saturated rings. The zero-order chi connectivity index (χ0) is 14.0. The van der Waals surface area contributed by atoms with E-state index in [1.54, 1.807) is 30.9 Å². The van der Waals surface area contributed by atoms with E-state index in [9.17, 15) is 5.11 Å². The van der Waals surface area contributed by atoms with Gasteiger partial charge in [-0.1, -0.05) is 6.92 Å². The molecule has 6 heteroatoms. The summed E-state index contributed by atoms with van der Waals surface area (Å²) in [5, 5.41) is 14.2. The Hall–Kier alpha value is -1.46. The van der Waals surface area contributed by atoms with E-state index in [1.165, 1.54) is 0 Å². The smallest absolute Gasteiger partial charge is 0.222 e. The quantitative estimate of drug-likeness (QED) is 0.873. The van der Waals surface area contributed by atoms with Crippen molar-refractivity contribution in [3.63, 3.8) is 0 Å². The van der Waals surface area contributed by atoms with Crippen LogP contribution in [-0.4, -0.2) is 30.5 Å². The lowest BCUT2D eigenvalue weighted by Crippen LogP contribution is -2.26. The first-order valence-corrected chi connectivity index (χ1v) is 6.53. The Kier molecular flexibility index (Phi) is 3.87. The number of hydrogen-bond acceptors (Lipinski definition) is 4. The van der Waals surface area contributed by atoms with Crippen molar-refractivity contribution in [3.8, 4) is 11.3 Å². The molecule has 0 unspecified atom stereocenters. The van der Waals surface area contributed by atoms with Gasteiger partial charge in [0, 0.05) is 18.0 Å². The third-order valence-electron chi connectivity index (χ3n) is 2.67.